The Labute approximate surface area is 160 Å². The van der Waals surface area contributed by atoms with Crippen molar-refractivity contribution in [1.82, 2.24) is 4.90 Å². The number of halogens is 5. The highest BCUT2D eigenvalue weighted by atomic mass is 35.5. The van der Waals surface area contributed by atoms with Gasteiger partial charge in [0.1, 0.15) is 11.4 Å². The topological polar surface area (TPSA) is 66.6 Å². The Balaban J connectivity index is 2.29. The summed E-state index contributed by atoms with van der Waals surface area (Å²) in [6.45, 7) is 4.80. The molecular formula is C18H23ClF4N2O2. The zero-order chi connectivity index (χ0) is 20.7. The van der Waals surface area contributed by atoms with Gasteiger partial charge in [-0.15, -0.1) is 0 Å². The SMILES string of the molecule is Cc1cc(Cl)cc(F)c1C1(O)[C@H](C)CN(C(=O)[C@@H](N)CC(F)(F)F)C[C@@H]1C. The summed E-state index contributed by atoms with van der Waals surface area (Å²) in [5.41, 5.74) is 4.39. The molecular weight excluding hydrogens is 388 g/mol. The van der Waals surface area contributed by atoms with E-state index in [0.29, 0.717) is 5.56 Å². The molecule has 27 heavy (non-hydrogen) atoms. The lowest BCUT2D eigenvalue weighted by molar-refractivity contribution is -0.162. The Morgan fingerprint density at radius 3 is 2.33 bits per heavy atom. The van der Waals surface area contributed by atoms with E-state index in [-0.39, 0.29) is 23.7 Å². The average molecular weight is 411 g/mol. The molecule has 1 aromatic carbocycles. The van der Waals surface area contributed by atoms with Crippen LogP contribution >= 0.6 is 11.6 Å². The van der Waals surface area contributed by atoms with Crippen molar-refractivity contribution in [2.75, 3.05) is 13.1 Å². The number of carbonyl (C=O) groups is 1. The van der Waals surface area contributed by atoms with E-state index >= 15 is 0 Å². The molecule has 1 aliphatic rings. The molecule has 4 nitrogen and oxygen atoms in total. The maximum Gasteiger partial charge on any atom is 0.391 e. The number of carbonyl (C=O) groups excluding carboxylic acids is 1. The number of nitrogens with two attached hydrogens (primary N) is 1. The first kappa shape index (κ1) is 21.9. The van der Waals surface area contributed by atoms with Gasteiger partial charge in [-0.3, -0.25) is 4.79 Å². The van der Waals surface area contributed by atoms with Crippen LogP contribution in [0.1, 0.15) is 31.4 Å². The zero-order valence-electron chi connectivity index (χ0n) is 15.3. The standard InChI is InChI=1S/C18H23ClF4N2O2/c1-9-4-12(19)5-13(20)15(9)18(27)10(2)7-25(8-11(18)3)16(26)14(24)6-17(21,22)23/h4-5,10-11,14,27H,6-8,24H2,1-3H3/t10-,11+,14-,18?/m0/s1. The molecule has 1 amide bonds. The molecule has 4 atom stereocenters. The number of amides is 1. The minimum Gasteiger partial charge on any atom is -0.384 e. The quantitative estimate of drug-likeness (QED) is 0.751. The van der Waals surface area contributed by atoms with Gasteiger partial charge in [0.15, 0.2) is 0 Å². The van der Waals surface area contributed by atoms with Crippen LogP contribution in [0.4, 0.5) is 17.6 Å². The van der Waals surface area contributed by atoms with Crippen molar-refractivity contribution < 1.29 is 27.5 Å². The van der Waals surface area contributed by atoms with Crippen molar-refractivity contribution in [3.05, 3.63) is 34.1 Å². The summed E-state index contributed by atoms with van der Waals surface area (Å²) in [4.78, 5) is 13.5. The smallest absolute Gasteiger partial charge is 0.384 e. The molecule has 1 saturated heterocycles. The predicted octanol–water partition coefficient (Wildman–Crippen LogP) is 3.37. The number of hydrogen-bond donors (Lipinski definition) is 2. The van der Waals surface area contributed by atoms with Gasteiger partial charge in [0.2, 0.25) is 5.91 Å². The Morgan fingerprint density at radius 2 is 1.89 bits per heavy atom. The number of piperidine rings is 1. The summed E-state index contributed by atoms with van der Waals surface area (Å²) in [6, 6.07) is 0.941. The van der Waals surface area contributed by atoms with Crippen LogP contribution in [0.15, 0.2) is 12.1 Å². The van der Waals surface area contributed by atoms with E-state index in [2.05, 4.69) is 0 Å². The molecule has 152 valence electrons. The van der Waals surface area contributed by atoms with Crippen LogP contribution < -0.4 is 5.73 Å². The van der Waals surface area contributed by atoms with E-state index in [1.54, 1.807) is 20.8 Å². The third-order valence-electron chi connectivity index (χ3n) is 5.22. The third kappa shape index (κ3) is 4.38. The zero-order valence-corrected chi connectivity index (χ0v) is 16.0. The maximum absolute atomic E-state index is 14.6. The lowest BCUT2D eigenvalue weighted by Crippen LogP contribution is -2.59. The summed E-state index contributed by atoms with van der Waals surface area (Å²) >= 11 is 5.85. The second-order valence-electron chi connectivity index (χ2n) is 7.38. The van der Waals surface area contributed by atoms with Gasteiger partial charge < -0.3 is 15.7 Å². The fraction of sp³-hybridized carbons (Fsp3) is 0.611. The molecule has 0 spiro atoms. The molecule has 0 saturated carbocycles. The molecule has 1 fully saturated rings. The van der Waals surface area contributed by atoms with Crippen LogP contribution in [0, 0.1) is 24.6 Å². The average Bonchev–Trinajstić information content (AvgIpc) is 2.49. The number of alkyl halides is 3. The Bertz CT molecular complexity index is 691. The summed E-state index contributed by atoms with van der Waals surface area (Å²) in [5, 5.41) is 11.5. The van der Waals surface area contributed by atoms with Gasteiger partial charge in [0.05, 0.1) is 12.5 Å². The van der Waals surface area contributed by atoms with Crippen molar-refractivity contribution in [2.24, 2.45) is 17.6 Å². The third-order valence-corrected chi connectivity index (χ3v) is 5.44. The van der Waals surface area contributed by atoms with Crippen LogP contribution in [0.5, 0.6) is 0 Å². The molecule has 1 unspecified atom stereocenters. The number of benzene rings is 1. The fourth-order valence-electron chi connectivity index (χ4n) is 3.95. The van der Waals surface area contributed by atoms with Gasteiger partial charge >= 0.3 is 6.18 Å². The van der Waals surface area contributed by atoms with E-state index in [1.807, 2.05) is 0 Å². The van der Waals surface area contributed by atoms with E-state index in [1.165, 1.54) is 11.0 Å². The molecule has 2 rings (SSSR count). The summed E-state index contributed by atoms with van der Waals surface area (Å²) in [5.74, 6) is -2.74. The highest BCUT2D eigenvalue weighted by molar-refractivity contribution is 6.30. The van der Waals surface area contributed by atoms with E-state index < -0.39 is 47.8 Å². The van der Waals surface area contributed by atoms with Gasteiger partial charge in [-0.05, 0) is 24.6 Å². The van der Waals surface area contributed by atoms with Crippen molar-refractivity contribution in [3.8, 4) is 0 Å². The van der Waals surface area contributed by atoms with Crippen molar-refractivity contribution in [3.63, 3.8) is 0 Å². The first-order chi connectivity index (χ1) is 12.3. The minimum atomic E-state index is -4.55. The Kier molecular flexibility index (Phi) is 6.14. The van der Waals surface area contributed by atoms with Crippen molar-refractivity contribution in [1.29, 1.82) is 0 Å². The molecule has 1 aromatic rings. The van der Waals surface area contributed by atoms with Crippen molar-refractivity contribution in [2.45, 2.75) is 45.0 Å². The van der Waals surface area contributed by atoms with Gasteiger partial charge in [-0.25, -0.2) is 4.39 Å². The predicted molar refractivity (Wildman–Crippen MR) is 93.6 cm³/mol. The molecule has 0 radical (unpaired) electrons. The highest BCUT2D eigenvalue weighted by Crippen LogP contribution is 2.44. The second-order valence-corrected chi connectivity index (χ2v) is 7.81. The normalized spacial score (nSPS) is 27.6. The molecule has 1 heterocycles. The summed E-state index contributed by atoms with van der Waals surface area (Å²) in [6.07, 6.45) is -5.97. The van der Waals surface area contributed by atoms with E-state index in [9.17, 15) is 27.5 Å². The van der Waals surface area contributed by atoms with Crippen LogP contribution in [-0.2, 0) is 10.4 Å². The summed E-state index contributed by atoms with van der Waals surface area (Å²) < 4.78 is 52.1. The largest absolute Gasteiger partial charge is 0.391 e. The van der Waals surface area contributed by atoms with Gasteiger partial charge in [-0.1, -0.05) is 25.4 Å². The highest BCUT2D eigenvalue weighted by Gasteiger charge is 2.49. The minimum absolute atomic E-state index is 0.0350. The Morgan fingerprint density at radius 1 is 1.37 bits per heavy atom. The lowest BCUT2D eigenvalue weighted by Gasteiger charge is -2.49. The van der Waals surface area contributed by atoms with Crippen molar-refractivity contribution >= 4 is 17.5 Å². The number of aliphatic hydroxyl groups is 1. The number of likely N-dealkylation sites (tertiary alicyclic amines) is 1. The molecule has 3 N–H and O–H groups in total. The first-order valence-electron chi connectivity index (χ1n) is 8.57. The molecule has 9 heteroatoms. The van der Waals surface area contributed by atoms with Gasteiger partial charge in [-0.2, -0.15) is 13.2 Å². The molecule has 0 bridgehead atoms. The van der Waals surface area contributed by atoms with Crippen LogP contribution in [0.25, 0.3) is 0 Å². The fourth-order valence-corrected chi connectivity index (χ4v) is 4.21. The van der Waals surface area contributed by atoms with Crippen LogP contribution in [0.2, 0.25) is 5.02 Å². The molecule has 0 aliphatic carbocycles. The molecule has 1 aliphatic heterocycles. The first-order valence-corrected chi connectivity index (χ1v) is 8.94. The lowest BCUT2D eigenvalue weighted by atomic mass is 9.69. The number of nitrogens with zero attached hydrogens (tertiary/aromatic N) is 1. The van der Waals surface area contributed by atoms with Gasteiger partial charge in [0, 0.05) is 35.5 Å². The number of hydrogen-bond acceptors (Lipinski definition) is 3. The van der Waals surface area contributed by atoms with Gasteiger partial charge in [0.25, 0.3) is 0 Å². The summed E-state index contributed by atoms with van der Waals surface area (Å²) in [7, 11) is 0. The number of aryl methyl sites for hydroxylation is 1. The maximum atomic E-state index is 14.6. The Hall–Kier alpha value is -1.38. The second kappa shape index (κ2) is 7.56. The van der Waals surface area contributed by atoms with E-state index in [0.717, 1.165) is 6.07 Å². The van der Waals surface area contributed by atoms with Crippen LogP contribution in [-0.4, -0.2) is 41.2 Å². The monoisotopic (exact) mass is 410 g/mol. The molecule has 0 aromatic heterocycles. The van der Waals surface area contributed by atoms with Crippen LogP contribution in [0.3, 0.4) is 0 Å². The number of rotatable bonds is 3. The van der Waals surface area contributed by atoms with E-state index in [4.69, 9.17) is 17.3 Å².